The molecular weight excluding hydrogens is 196 g/mol. The summed E-state index contributed by atoms with van der Waals surface area (Å²) in [7, 11) is 0. The van der Waals surface area contributed by atoms with Crippen molar-refractivity contribution >= 4 is 22.3 Å². The van der Waals surface area contributed by atoms with Crippen LogP contribution in [0.1, 0.15) is 31.4 Å². The van der Waals surface area contributed by atoms with E-state index in [9.17, 15) is 4.79 Å². The monoisotopic (exact) mass is 210 g/mol. The summed E-state index contributed by atoms with van der Waals surface area (Å²) in [6.45, 7) is 0. The van der Waals surface area contributed by atoms with E-state index in [-0.39, 0.29) is 0 Å². The minimum Gasteiger partial charge on any atom is -0.375 e. The zero-order chi connectivity index (χ0) is 9.97. The first-order valence-corrected chi connectivity index (χ1v) is 5.83. The highest BCUT2D eigenvalue weighted by atomic mass is 32.1. The summed E-state index contributed by atoms with van der Waals surface area (Å²) in [5.74, 6) is 0.957. The molecule has 0 saturated heterocycles. The largest absolute Gasteiger partial charge is 0.375 e. The van der Waals surface area contributed by atoms with Gasteiger partial charge in [0.15, 0.2) is 5.13 Å². The lowest BCUT2D eigenvalue weighted by molar-refractivity contribution is -0.119. The molecule has 0 amide bonds. The van der Waals surface area contributed by atoms with Crippen molar-refractivity contribution in [3.8, 4) is 0 Å². The third-order valence-corrected chi connectivity index (χ3v) is 3.41. The summed E-state index contributed by atoms with van der Waals surface area (Å²) in [5, 5.41) is 2.42. The molecular formula is C10H14N2OS. The second-order valence-electron chi connectivity index (χ2n) is 3.89. The Hall–Kier alpha value is -0.900. The SMILES string of the molecule is Nc1nc(CC(=O)CC2CCC2)cs1. The summed E-state index contributed by atoms with van der Waals surface area (Å²) in [6, 6.07) is 0. The van der Waals surface area contributed by atoms with Crippen LogP contribution < -0.4 is 5.73 Å². The smallest absolute Gasteiger partial charge is 0.180 e. The first kappa shape index (κ1) is 9.65. The molecule has 2 N–H and O–H groups in total. The van der Waals surface area contributed by atoms with Crippen LogP contribution in [-0.4, -0.2) is 10.8 Å². The van der Waals surface area contributed by atoms with Gasteiger partial charge in [-0.15, -0.1) is 11.3 Å². The first-order valence-electron chi connectivity index (χ1n) is 4.95. The van der Waals surface area contributed by atoms with Crippen molar-refractivity contribution in [1.82, 2.24) is 4.98 Å². The van der Waals surface area contributed by atoms with Crippen LogP contribution in [0.5, 0.6) is 0 Å². The molecule has 76 valence electrons. The van der Waals surface area contributed by atoms with Gasteiger partial charge in [0.1, 0.15) is 5.78 Å². The number of thiazole rings is 1. The maximum atomic E-state index is 11.5. The predicted octanol–water partition coefficient (Wildman–Crippen LogP) is 2.03. The van der Waals surface area contributed by atoms with E-state index in [0.717, 1.165) is 12.1 Å². The van der Waals surface area contributed by atoms with Gasteiger partial charge in [-0.1, -0.05) is 19.3 Å². The van der Waals surface area contributed by atoms with Gasteiger partial charge in [0.05, 0.1) is 5.69 Å². The molecule has 4 heteroatoms. The molecule has 2 rings (SSSR count). The third-order valence-electron chi connectivity index (χ3n) is 2.69. The second kappa shape index (κ2) is 4.09. The van der Waals surface area contributed by atoms with Gasteiger partial charge in [-0.3, -0.25) is 4.79 Å². The first-order chi connectivity index (χ1) is 6.74. The molecule has 1 aliphatic carbocycles. The number of ketones is 1. The van der Waals surface area contributed by atoms with E-state index in [0.29, 0.717) is 23.3 Å². The number of carbonyl (C=O) groups is 1. The molecule has 1 saturated carbocycles. The van der Waals surface area contributed by atoms with Crippen LogP contribution in [0.25, 0.3) is 0 Å². The van der Waals surface area contributed by atoms with Crippen molar-refractivity contribution < 1.29 is 4.79 Å². The minimum atomic E-state index is 0.306. The Morgan fingerprint density at radius 3 is 2.93 bits per heavy atom. The van der Waals surface area contributed by atoms with Gasteiger partial charge in [-0.2, -0.15) is 0 Å². The fourth-order valence-electron chi connectivity index (χ4n) is 1.70. The number of nitrogen functional groups attached to an aromatic ring is 1. The van der Waals surface area contributed by atoms with Crippen molar-refractivity contribution in [2.75, 3.05) is 5.73 Å². The number of carbonyl (C=O) groups excluding carboxylic acids is 1. The van der Waals surface area contributed by atoms with Gasteiger partial charge >= 0.3 is 0 Å². The molecule has 14 heavy (non-hydrogen) atoms. The van der Waals surface area contributed by atoms with Crippen LogP contribution in [0.4, 0.5) is 5.13 Å². The summed E-state index contributed by atoms with van der Waals surface area (Å²) in [4.78, 5) is 15.6. The van der Waals surface area contributed by atoms with Crippen LogP contribution >= 0.6 is 11.3 Å². The molecule has 1 aromatic rings. The molecule has 0 unspecified atom stereocenters. The fraction of sp³-hybridized carbons (Fsp3) is 0.600. The second-order valence-corrected chi connectivity index (χ2v) is 4.78. The molecule has 0 radical (unpaired) electrons. The number of nitrogens with zero attached hydrogens (tertiary/aromatic N) is 1. The van der Waals surface area contributed by atoms with Gasteiger partial charge in [0.25, 0.3) is 0 Å². The van der Waals surface area contributed by atoms with Crippen LogP contribution in [-0.2, 0) is 11.2 Å². The minimum absolute atomic E-state index is 0.306. The number of nitrogens with two attached hydrogens (primary N) is 1. The van der Waals surface area contributed by atoms with Gasteiger partial charge < -0.3 is 5.73 Å². The Morgan fingerprint density at radius 2 is 2.43 bits per heavy atom. The highest BCUT2D eigenvalue weighted by Gasteiger charge is 2.20. The topological polar surface area (TPSA) is 56.0 Å². The molecule has 0 atom stereocenters. The summed E-state index contributed by atoms with van der Waals surface area (Å²) < 4.78 is 0. The van der Waals surface area contributed by atoms with E-state index in [1.165, 1.54) is 30.6 Å². The normalized spacial score (nSPS) is 16.6. The summed E-state index contributed by atoms with van der Waals surface area (Å²) in [5.41, 5.74) is 6.32. The zero-order valence-electron chi connectivity index (χ0n) is 8.03. The number of hydrogen-bond donors (Lipinski definition) is 1. The fourth-order valence-corrected chi connectivity index (χ4v) is 2.26. The Kier molecular flexibility index (Phi) is 2.82. The maximum Gasteiger partial charge on any atom is 0.180 e. The molecule has 0 bridgehead atoms. The molecule has 1 heterocycles. The molecule has 0 aromatic carbocycles. The van der Waals surface area contributed by atoms with Gasteiger partial charge in [-0.25, -0.2) is 4.98 Å². The van der Waals surface area contributed by atoms with E-state index in [1.807, 2.05) is 5.38 Å². The Labute approximate surface area is 87.3 Å². The van der Waals surface area contributed by atoms with Crippen LogP contribution in [0, 0.1) is 5.92 Å². The van der Waals surface area contributed by atoms with E-state index in [1.54, 1.807) is 0 Å². The lowest BCUT2D eigenvalue weighted by Gasteiger charge is -2.24. The van der Waals surface area contributed by atoms with Crippen molar-refractivity contribution in [3.05, 3.63) is 11.1 Å². The number of aromatic nitrogens is 1. The molecule has 0 aliphatic heterocycles. The lowest BCUT2D eigenvalue weighted by Crippen LogP contribution is -2.17. The van der Waals surface area contributed by atoms with E-state index in [4.69, 9.17) is 5.73 Å². The van der Waals surface area contributed by atoms with E-state index < -0.39 is 0 Å². The number of hydrogen-bond acceptors (Lipinski definition) is 4. The van der Waals surface area contributed by atoms with Crippen molar-refractivity contribution in [2.24, 2.45) is 5.92 Å². The van der Waals surface area contributed by atoms with Crippen LogP contribution in [0.2, 0.25) is 0 Å². The molecule has 0 spiro atoms. The number of Topliss-reactive ketones (excluding diaryl/α,β-unsaturated/α-hetero) is 1. The van der Waals surface area contributed by atoms with Crippen molar-refractivity contribution in [1.29, 1.82) is 0 Å². The van der Waals surface area contributed by atoms with Crippen LogP contribution in [0.15, 0.2) is 5.38 Å². The highest BCUT2D eigenvalue weighted by molar-refractivity contribution is 7.13. The van der Waals surface area contributed by atoms with Crippen molar-refractivity contribution in [3.63, 3.8) is 0 Å². The third kappa shape index (κ3) is 2.32. The van der Waals surface area contributed by atoms with Gasteiger partial charge in [0.2, 0.25) is 0 Å². The quantitative estimate of drug-likeness (QED) is 0.827. The standard InChI is InChI=1S/C10H14N2OS/c11-10-12-8(6-14-10)5-9(13)4-7-2-1-3-7/h6-7H,1-5H2,(H2,11,12). The Balaban J connectivity index is 1.81. The average Bonchev–Trinajstić information content (AvgIpc) is 2.44. The maximum absolute atomic E-state index is 11.5. The number of anilines is 1. The molecule has 3 nitrogen and oxygen atoms in total. The molecule has 1 aromatic heterocycles. The van der Waals surface area contributed by atoms with E-state index in [2.05, 4.69) is 4.98 Å². The highest BCUT2D eigenvalue weighted by Crippen LogP contribution is 2.29. The molecule has 1 fully saturated rings. The Bertz CT molecular complexity index is 331. The van der Waals surface area contributed by atoms with Crippen LogP contribution in [0.3, 0.4) is 0 Å². The van der Waals surface area contributed by atoms with Gasteiger partial charge in [-0.05, 0) is 5.92 Å². The van der Waals surface area contributed by atoms with Gasteiger partial charge in [0, 0.05) is 18.2 Å². The predicted molar refractivity (Wildman–Crippen MR) is 57.2 cm³/mol. The number of rotatable bonds is 4. The van der Waals surface area contributed by atoms with E-state index >= 15 is 0 Å². The average molecular weight is 210 g/mol. The summed E-state index contributed by atoms with van der Waals surface area (Å²) in [6.07, 6.45) is 4.94. The summed E-state index contributed by atoms with van der Waals surface area (Å²) >= 11 is 1.40. The molecule has 1 aliphatic rings. The zero-order valence-corrected chi connectivity index (χ0v) is 8.85. The lowest BCUT2D eigenvalue weighted by atomic mass is 9.81. The van der Waals surface area contributed by atoms with Crippen molar-refractivity contribution in [2.45, 2.75) is 32.1 Å². The Morgan fingerprint density at radius 1 is 1.64 bits per heavy atom.